The number of allylic oxidation sites excluding steroid dienone is 2. The third-order valence-corrected chi connectivity index (χ3v) is 6.49. The van der Waals surface area contributed by atoms with E-state index in [1.54, 1.807) is 6.21 Å². The predicted octanol–water partition coefficient (Wildman–Crippen LogP) is 4.45. The van der Waals surface area contributed by atoms with Crippen molar-refractivity contribution in [3.05, 3.63) is 76.8 Å². The zero-order valence-corrected chi connectivity index (χ0v) is 17.0. The lowest BCUT2D eigenvalue weighted by molar-refractivity contribution is -0.140. The van der Waals surface area contributed by atoms with Gasteiger partial charge in [0.25, 0.3) is 11.8 Å². The standard InChI is InChI=1S/C24H21ClN2O3/c25-19-10-4-15(5-11-19)14-30-20-3-1-2-16(12-20)13-26-27-23(28)21-17-6-7-18(9-8-17)22(21)24(27)29/h1-7,10-13,17-18,21-22H,8-9,14H2/b26-13-/t17-,18-,21+,22+/m0/s1. The average Bonchev–Trinajstić information content (AvgIpc) is 3.05. The molecule has 4 atom stereocenters. The summed E-state index contributed by atoms with van der Waals surface area (Å²) in [6.07, 6.45) is 7.72. The Labute approximate surface area is 180 Å². The van der Waals surface area contributed by atoms with Crippen molar-refractivity contribution in [1.29, 1.82) is 0 Å². The second-order valence-electron chi connectivity index (χ2n) is 8.06. The van der Waals surface area contributed by atoms with Gasteiger partial charge in [0.2, 0.25) is 0 Å². The van der Waals surface area contributed by atoms with Crippen LogP contribution in [0.1, 0.15) is 24.0 Å². The summed E-state index contributed by atoms with van der Waals surface area (Å²) in [5, 5.41) is 6.02. The minimum atomic E-state index is -0.243. The molecule has 0 radical (unpaired) electrons. The molecule has 1 aliphatic heterocycles. The van der Waals surface area contributed by atoms with Crippen molar-refractivity contribution in [3.8, 4) is 5.75 Å². The first-order chi connectivity index (χ1) is 14.6. The van der Waals surface area contributed by atoms with Gasteiger partial charge in [-0.3, -0.25) is 9.59 Å². The minimum absolute atomic E-state index is 0.168. The summed E-state index contributed by atoms with van der Waals surface area (Å²) in [4.78, 5) is 25.7. The number of hydrogen-bond acceptors (Lipinski definition) is 4. The SMILES string of the molecule is O=C1[C@H]2[C@H](C(=O)N1/N=C\c1cccc(OCc3ccc(Cl)cc3)c1)[C@H]1C=C[C@H]2CC1. The summed E-state index contributed by atoms with van der Waals surface area (Å²) < 4.78 is 5.84. The maximum absolute atomic E-state index is 12.8. The second kappa shape index (κ2) is 7.73. The lowest BCUT2D eigenvalue weighted by atomic mass is 9.63. The average molecular weight is 421 g/mol. The number of amides is 2. The van der Waals surface area contributed by atoms with Crippen LogP contribution in [0.4, 0.5) is 0 Å². The molecule has 30 heavy (non-hydrogen) atoms. The van der Waals surface area contributed by atoms with Crippen molar-refractivity contribution in [2.45, 2.75) is 19.4 Å². The second-order valence-corrected chi connectivity index (χ2v) is 8.50. The van der Waals surface area contributed by atoms with Gasteiger partial charge in [-0.25, -0.2) is 0 Å². The lowest BCUT2D eigenvalue weighted by Gasteiger charge is -2.37. The number of hydrogen-bond donors (Lipinski definition) is 0. The fraction of sp³-hybridized carbons (Fsp3) is 0.292. The molecule has 152 valence electrons. The predicted molar refractivity (Wildman–Crippen MR) is 114 cm³/mol. The van der Waals surface area contributed by atoms with Gasteiger partial charge in [-0.15, -0.1) is 0 Å². The van der Waals surface area contributed by atoms with Crippen LogP contribution in [-0.2, 0) is 16.2 Å². The zero-order valence-electron chi connectivity index (χ0n) is 16.3. The number of ether oxygens (including phenoxy) is 1. The van der Waals surface area contributed by atoms with Crippen molar-refractivity contribution in [1.82, 2.24) is 5.01 Å². The van der Waals surface area contributed by atoms with Crippen molar-refractivity contribution in [3.63, 3.8) is 0 Å². The number of halogens is 1. The van der Waals surface area contributed by atoms with Crippen LogP contribution in [0.3, 0.4) is 0 Å². The van der Waals surface area contributed by atoms with Crippen LogP contribution >= 0.6 is 11.6 Å². The van der Waals surface area contributed by atoms with Crippen LogP contribution in [0.2, 0.25) is 5.02 Å². The van der Waals surface area contributed by atoms with E-state index in [9.17, 15) is 9.59 Å². The molecule has 0 aromatic heterocycles. The number of fused-ring (bicyclic) bond motifs is 1. The Morgan fingerprint density at radius 3 is 2.30 bits per heavy atom. The lowest BCUT2D eigenvalue weighted by Crippen LogP contribution is -2.38. The van der Waals surface area contributed by atoms with Crippen molar-refractivity contribution >= 4 is 29.6 Å². The van der Waals surface area contributed by atoms with Gasteiger partial charge in [-0.2, -0.15) is 10.1 Å². The van der Waals surface area contributed by atoms with Crippen molar-refractivity contribution in [2.24, 2.45) is 28.8 Å². The molecule has 6 rings (SSSR count). The van der Waals surface area contributed by atoms with Crippen LogP contribution in [-0.4, -0.2) is 23.0 Å². The maximum atomic E-state index is 12.8. The van der Waals surface area contributed by atoms with Gasteiger partial charge in [0.05, 0.1) is 18.1 Å². The number of rotatable bonds is 5. The fourth-order valence-electron chi connectivity index (χ4n) is 4.73. The van der Waals surface area contributed by atoms with Crippen LogP contribution in [0, 0.1) is 23.7 Å². The maximum Gasteiger partial charge on any atom is 0.254 e. The van der Waals surface area contributed by atoms with Crippen molar-refractivity contribution < 1.29 is 14.3 Å². The van der Waals surface area contributed by atoms with E-state index >= 15 is 0 Å². The largest absolute Gasteiger partial charge is 0.489 e. The van der Waals surface area contributed by atoms with Crippen LogP contribution in [0.5, 0.6) is 5.75 Å². The molecule has 1 saturated heterocycles. The van der Waals surface area contributed by atoms with Crippen LogP contribution < -0.4 is 4.74 Å². The summed E-state index contributed by atoms with van der Waals surface area (Å²) in [5.41, 5.74) is 1.78. The first-order valence-electron chi connectivity index (χ1n) is 10.2. The normalized spacial score (nSPS) is 27.2. The highest BCUT2D eigenvalue weighted by molar-refractivity contribution is 6.30. The van der Waals surface area contributed by atoms with Gasteiger partial charge in [0, 0.05) is 5.02 Å². The van der Waals surface area contributed by atoms with E-state index in [1.807, 2.05) is 48.5 Å². The summed E-state index contributed by atoms with van der Waals surface area (Å²) in [7, 11) is 0. The first kappa shape index (κ1) is 19.1. The summed E-state index contributed by atoms with van der Waals surface area (Å²) >= 11 is 5.91. The molecule has 2 fully saturated rings. The molecule has 2 aromatic rings. The molecule has 2 amide bonds. The molecule has 0 unspecified atom stereocenters. The van der Waals surface area contributed by atoms with Gasteiger partial charge in [0.1, 0.15) is 12.4 Å². The molecule has 1 heterocycles. The molecule has 5 nitrogen and oxygen atoms in total. The molecular weight excluding hydrogens is 400 g/mol. The third-order valence-electron chi connectivity index (χ3n) is 6.24. The number of benzene rings is 2. The number of imide groups is 1. The number of nitrogens with zero attached hydrogens (tertiary/aromatic N) is 2. The highest BCUT2D eigenvalue weighted by atomic mass is 35.5. The van der Waals surface area contributed by atoms with Gasteiger partial charge >= 0.3 is 0 Å². The zero-order chi connectivity index (χ0) is 20.7. The van der Waals surface area contributed by atoms with Gasteiger partial charge in [-0.1, -0.05) is 48.0 Å². The molecule has 0 spiro atoms. The third kappa shape index (κ3) is 3.43. The molecule has 6 heteroatoms. The van der Waals surface area contributed by atoms with E-state index in [0.29, 0.717) is 17.4 Å². The van der Waals surface area contributed by atoms with Crippen LogP contribution in [0.25, 0.3) is 0 Å². The molecule has 3 aliphatic carbocycles. The van der Waals surface area contributed by atoms with Crippen LogP contribution in [0.15, 0.2) is 65.8 Å². The van der Waals surface area contributed by atoms with E-state index in [2.05, 4.69) is 17.3 Å². The molecular formula is C24H21ClN2O3. The number of carbonyl (C=O) groups is 2. The molecule has 4 aliphatic rings. The Morgan fingerprint density at radius 2 is 1.67 bits per heavy atom. The highest BCUT2D eigenvalue weighted by Crippen LogP contribution is 2.49. The molecule has 0 N–H and O–H groups in total. The molecule has 2 bridgehead atoms. The number of carbonyl (C=O) groups excluding carboxylic acids is 2. The smallest absolute Gasteiger partial charge is 0.254 e. The monoisotopic (exact) mass is 420 g/mol. The summed E-state index contributed by atoms with van der Waals surface area (Å²) in [6.45, 7) is 0.417. The van der Waals surface area contributed by atoms with E-state index in [1.165, 1.54) is 0 Å². The molecule has 1 saturated carbocycles. The van der Waals surface area contributed by atoms with E-state index in [0.717, 1.165) is 29.0 Å². The van der Waals surface area contributed by atoms with Crippen molar-refractivity contribution in [2.75, 3.05) is 0 Å². The minimum Gasteiger partial charge on any atom is -0.489 e. The first-order valence-corrected chi connectivity index (χ1v) is 10.6. The summed E-state index contributed by atoms with van der Waals surface area (Å²) in [5.74, 6) is 0.192. The fourth-order valence-corrected chi connectivity index (χ4v) is 4.85. The highest BCUT2D eigenvalue weighted by Gasteiger charge is 2.56. The Hall–Kier alpha value is -2.92. The Morgan fingerprint density at radius 1 is 1.00 bits per heavy atom. The molecule has 2 aromatic carbocycles. The Kier molecular flexibility index (Phi) is 4.91. The van der Waals surface area contributed by atoms with E-state index < -0.39 is 0 Å². The van der Waals surface area contributed by atoms with Gasteiger partial charge < -0.3 is 4.74 Å². The van der Waals surface area contributed by atoms with Gasteiger partial charge in [0.15, 0.2) is 0 Å². The quantitative estimate of drug-likeness (QED) is 0.408. The Bertz CT molecular complexity index is 1010. The Balaban J connectivity index is 1.28. The van der Waals surface area contributed by atoms with Gasteiger partial charge in [-0.05, 0) is 60.1 Å². The summed E-state index contributed by atoms with van der Waals surface area (Å²) in [6, 6.07) is 14.9. The van der Waals surface area contributed by atoms with E-state index in [4.69, 9.17) is 16.3 Å². The van der Waals surface area contributed by atoms with E-state index in [-0.39, 0.29) is 35.5 Å². The topological polar surface area (TPSA) is 59.0 Å². The number of hydrazone groups is 1.